The van der Waals surface area contributed by atoms with E-state index < -0.39 is 0 Å². The summed E-state index contributed by atoms with van der Waals surface area (Å²) >= 11 is 0. The Kier molecular flexibility index (Phi) is 4.25. The average molecular weight is 237 g/mol. The van der Waals surface area contributed by atoms with E-state index in [1.165, 1.54) is 23.8 Å². The van der Waals surface area contributed by atoms with Crippen LogP contribution in [0.15, 0.2) is 64.6 Å². The van der Waals surface area contributed by atoms with Gasteiger partial charge in [0, 0.05) is 0 Å². The maximum absolute atomic E-state index is 5.13. The minimum absolute atomic E-state index is 0.609. The van der Waals surface area contributed by atoms with Gasteiger partial charge in [0.05, 0.1) is 12.9 Å². The second-order valence-corrected chi connectivity index (χ2v) is 3.82. The quantitative estimate of drug-likeness (QED) is 0.645. The third-order valence-corrected chi connectivity index (χ3v) is 2.54. The molecule has 0 aromatic heterocycles. The van der Waals surface area contributed by atoms with Crippen molar-refractivity contribution < 1.29 is 0 Å². The molecule has 18 heavy (non-hydrogen) atoms. The Hall–Kier alpha value is -2.42. The lowest BCUT2D eigenvalue weighted by Crippen LogP contribution is -1.88. The fourth-order valence-corrected chi connectivity index (χ4v) is 1.71. The average Bonchev–Trinajstić information content (AvgIpc) is 2.45. The van der Waals surface area contributed by atoms with Gasteiger partial charge in [-0.25, -0.2) is 4.99 Å². The zero-order chi connectivity index (χ0) is 12.6. The van der Waals surface area contributed by atoms with E-state index in [2.05, 4.69) is 40.3 Å². The Morgan fingerprint density at radius 1 is 0.944 bits per heavy atom. The minimum Gasteiger partial charge on any atom is -0.390 e. The Labute approximate surface area is 107 Å². The van der Waals surface area contributed by atoms with Gasteiger partial charge in [-0.15, -0.1) is 0 Å². The van der Waals surface area contributed by atoms with Gasteiger partial charge >= 0.3 is 0 Å². The first-order valence-electron chi connectivity index (χ1n) is 5.76. The van der Waals surface area contributed by atoms with Gasteiger partial charge in [-0.05, 0) is 22.8 Å². The summed E-state index contributed by atoms with van der Waals surface area (Å²) in [6.45, 7) is 0.609. The van der Waals surface area contributed by atoms with Gasteiger partial charge in [0.15, 0.2) is 0 Å². The topological polar surface area (TPSA) is 50.7 Å². The van der Waals surface area contributed by atoms with Crippen molar-refractivity contribution in [3.8, 4) is 11.1 Å². The lowest BCUT2D eigenvalue weighted by molar-refractivity contribution is 1.07. The third kappa shape index (κ3) is 3.28. The highest BCUT2D eigenvalue weighted by atomic mass is 14.9. The Balaban J connectivity index is 2.15. The Morgan fingerprint density at radius 2 is 1.72 bits per heavy atom. The molecule has 0 aliphatic carbocycles. The highest BCUT2D eigenvalue weighted by Gasteiger charge is 1.97. The highest BCUT2D eigenvalue weighted by Crippen LogP contribution is 2.20. The van der Waals surface area contributed by atoms with E-state index in [-0.39, 0.29) is 0 Å². The molecule has 0 heterocycles. The van der Waals surface area contributed by atoms with Crippen LogP contribution in [0.4, 0.5) is 0 Å². The van der Waals surface area contributed by atoms with Gasteiger partial charge in [-0.1, -0.05) is 48.5 Å². The number of rotatable bonds is 4. The molecule has 3 heteroatoms. The number of nitrogens with two attached hydrogens (primary N) is 1. The predicted octanol–water partition coefficient (Wildman–Crippen LogP) is 2.87. The van der Waals surface area contributed by atoms with Crippen molar-refractivity contribution in [2.75, 3.05) is 0 Å². The number of hydrogen-bond acceptors (Lipinski definition) is 1. The van der Waals surface area contributed by atoms with Crippen LogP contribution < -0.4 is 5.73 Å². The molecule has 0 radical (unpaired) electrons. The van der Waals surface area contributed by atoms with Gasteiger partial charge in [0.25, 0.3) is 0 Å². The largest absolute Gasteiger partial charge is 0.390 e. The van der Waals surface area contributed by atoms with Crippen LogP contribution in [-0.2, 0) is 6.54 Å². The van der Waals surface area contributed by atoms with Crippen molar-refractivity contribution in [1.82, 2.24) is 0 Å². The summed E-state index contributed by atoms with van der Waals surface area (Å²) in [6.07, 6.45) is 2.69. The lowest BCUT2D eigenvalue weighted by Gasteiger charge is -2.03. The van der Waals surface area contributed by atoms with Gasteiger partial charge in [0.1, 0.15) is 6.34 Å². The Bertz CT molecular complexity index is 545. The van der Waals surface area contributed by atoms with E-state index in [9.17, 15) is 0 Å². The monoisotopic (exact) mass is 237 g/mol. The summed E-state index contributed by atoms with van der Waals surface area (Å²) in [5.74, 6) is 0. The van der Waals surface area contributed by atoms with Gasteiger partial charge in [0.2, 0.25) is 0 Å². The minimum atomic E-state index is 0.609. The standard InChI is InChI=1S/C15H15N3/c16-11-18-12-17-10-13-5-4-8-15(9-13)14-6-2-1-3-7-14/h1-9,11-12H,10H2,(H2,16,17,18). The predicted molar refractivity (Wildman–Crippen MR) is 76.8 cm³/mol. The van der Waals surface area contributed by atoms with Crippen molar-refractivity contribution in [2.24, 2.45) is 15.7 Å². The molecule has 0 saturated carbocycles. The molecule has 0 unspecified atom stereocenters. The molecule has 0 aliphatic heterocycles. The second kappa shape index (κ2) is 6.35. The van der Waals surface area contributed by atoms with Crippen molar-refractivity contribution in [1.29, 1.82) is 0 Å². The molecule has 0 aliphatic rings. The maximum Gasteiger partial charge on any atom is 0.112 e. The molecule has 0 saturated heterocycles. The fourth-order valence-electron chi connectivity index (χ4n) is 1.71. The van der Waals surface area contributed by atoms with E-state index >= 15 is 0 Å². The van der Waals surface area contributed by atoms with Crippen LogP contribution in [0.25, 0.3) is 11.1 Å². The molecule has 2 N–H and O–H groups in total. The van der Waals surface area contributed by atoms with Gasteiger partial charge in [-0.3, -0.25) is 4.99 Å². The molecule has 2 rings (SSSR count). The van der Waals surface area contributed by atoms with Gasteiger partial charge < -0.3 is 5.73 Å². The van der Waals surface area contributed by atoms with Crippen LogP contribution >= 0.6 is 0 Å². The zero-order valence-corrected chi connectivity index (χ0v) is 10.0. The Morgan fingerprint density at radius 3 is 2.50 bits per heavy atom. The third-order valence-electron chi connectivity index (χ3n) is 2.54. The maximum atomic E-state index is 5.13. The fraction of sp³-hybridized carbons (Fsp3) is 0.0667. The molecule has 2 aromatic rings. The van der Waals surface area contributed by atoms with E-state index in [0.717, 1.165) is 5.56 Å². The first kappa shape index (κ1) is 12.0. The normalized spacial score (nSPS) is 11.3. The lowest BCUT2D eigenvalue weighted by atomic mass is 10.0. The first-order chi connectivity index (χ1) is 8.90. The van der Waals surface area contributed by atoms with Crippen LogP contribution in [0.3, 0.4) is 0 Å². The van der Waals surface area contributed by atoms with Crippen LogP contribution in [0.5, 0.6) is 0 Å². The molecule has 0 bridgehead atoms. The molecule has 2 aromatic carbocycles. The number of hydrogen-bond donors (Lipinski definition) is 1. The van der Waals surface area contributed by atoms with E-state index in [1.54, 1.807) is 0 Å². The summed E-state index contributed by atoms with van der Waals surface area (Å²) in [6, 6.07) is 18.6. The van der Waals surface area contributed by atoms with Crippen molar-refractivity contribution in [3.63, 3.8) is 0 Å². The van der Waals surface area contributed by atoms with Crippen LogP contribution in [0, 0.1) is 0 Å². The molecule has 3 nitrogen and oxygen atoms in total. The van der Waals surface area contributed by atoms with E-state index in [4.69, 9.17) is 5.73 Å². The number of nitrogens with zero attached hydrogens (tertiary/aromatic N) is 2. The van der Waals surface area contributed by atoms with Crippen LogP contribution in [0.2, 0.25) is 0 Å². The van der Waals surface area contributed by atoms with Crippen molar-refractivity contribution in [2.45, 2.75) is 6.54 Å². The van der Waals surface area contributed by atoms with Crippen molar-refractivity contribution >= 4 is 12.7 Å². The van der Waals surface area contributed by atoms with Crippen LogP contribution in [-0.4, -0.2) is 12.7 Å². The smallest absolute Gasteiger partial charge is 0.112 e. The molecular weight excluding hydrogens is 222 g/mol. The number of aliphatic imine (C=N–C) groups is 2. The first-order valence-corrected chi connectivity index (χ1v) is 5.76. The number of benzene rings is 2. The molecule has 0 atom stereocenters. The summed E-state index contributed by atoms with van der Waals surface area (Å²) in [5, 5.41) is 0. The van der Waals surface area contributed by atoms with E-state index in [0.29, 0.717) is 6.54 Å². The van der Waals surface area contributed by atoms with Crippen molar-refractivity contribution in [3.05, 3.63) is 60.2 Å². The SMILES string of the molecule is NC=NC=NCc1cccc(-c2ccccc2)c1. The summed E-state index contributed by atoms with van der Waals surface area (Å²) < 4.78 is 0. The zero-order valence-electron chi connectivity index (χ0n) is 10.0. The second-order valence-electron chi connectivity index (χ2n) is 3.82. The molecular formula is C15H15N3. The van der Waals surface area contributed by atoms with Crippen LogP contribution in [0.1, 0.15) is 5.56 Å². The van der Waals surface area contributed by atoms with Gasteiger partial charge in [-0.2, -0.15) is 0 Å². The molecule has 0 amide bonds. The highest BCUT2D eigenvalue weighted by molar-refractivity contribution is 5.69. The summed E-state index contributed by atoms with van der Waals surface area (Å²) in [5.41, 5.74) is 8.69. The summed E-state index contributed by atoms with van der Waals surface area (Å²) in [7, 11) is 0. The molecule has 0 spiro atoms. The van der Waals surface area contributed by atoms with E-state index in [1.807, 2.05) is 24.3 Å². The molecule has 0 fully saturated rings. The molecule has 90 valence electrons. The summed E-state index contributed by atoms with van der Waals surface area (Å²) in [4.78, 5) is 7.89.